The summed E-state index contributed by atoms with van der Waals surface area (Å²) >= 11 is 5.83. The fraction of sp³-hybridized carbons (Fsp3) is 0.133. The fourth-order valence-electron chi connectivity index (χ4n) is 2.36. The molecule has 0 fully saturated rings. The highest BCUT2D eigenvalue weighted by Crippen LogP contribution is 2.27. The molecule has 0 bridgehead atoms. The van der Waals surface area contributed by atoms with Gasteiger partial charge in [0.1, 0.15) is 17.2 Å². The molecule has 0 saturated heterocycles. The van der Waals surface area contributed by atoms with Crippen molar-refractivity contribution in [2.45, 2.75) is 12.8 Å². The topological polar surface area (TPSA) is 17.8 Å². The van der Waals surface area contributed by atoms with Crippen molar-refractivity contribution >= 4 is 22.6 Å². The molecule has 21 heavy (non-hydrogen) atoms. The summed E-state index contributed by atoms with van der Waals surface area (Å²) in [5.41, 5.74) is 1.24. The number of aromatic nitrogens is 2. The number of hydrogen-bond acceptors (Lipinski definition) is 1. The Morgan fingerprint density at radius 2 is 1.90 bits per heavy atom. The maximum Gasteiger partial charge on any atom is 0.185 e. The van der Waals surface area contributed by atoms with E-state index in [4.69, 9.17) is 11.6 Å². The normalized spacial score (nSPS) is 11.3. The van der Waals surface area contributed by atoms with Gasteiger partial charge < -0.3 is 0 Å². The lowest BCUT2D eigenvalue weighted by molar-refractivity contribution is 0.514. The maximum atomic E-state index is 14.1. The summed E-state index contributed by atoms with van der Waals surface area (Å²) in [4.78, 5) is 4.17. The molecule has 0 radical (unpaired) electrons. The lowest BCUT2D eigenvalue weighted by Gasteiger charge is -2.10. The van der Waals surface area contributed by atoms with Gasteiger partial charge in [-0.3, -0.25) is 4.57 Å². The van der Waals surface area contributed by atoms with Gasteiger partial charge in [0.2, 0.25) is 0 Å². The monoisotopic (exact) mass is 310 g/mol. The number of aryl methyl sites for hydroxylation is 1. The third-order valence-electron chi connectivity index (χ3n) is 3.18. The SMILES string of the molecule is Cc1cc(F)cc(-n2c(CCl)nc3ccc(F)c(F)c32)c1. The van der Waals surface area contributed by atoms with Gasteiger partial charge in [0.15, 0.2) is 11.6 Å². The van der Waals surface area contributed by atoms with Crippen LogP contribution < -0.4 is 0 Å². The average Bonchev–Trinajstić information content (AvgIpc) is 2.81. The lowest BCUT2D eigenvalue weighted by Crippen LogP contribution is -2.02. The van der Waals surface area contributed by atoms with Crippen LogP contribution in [0.4, 0.5) is 13.2 Å². The van der Waals surface area contributed by atoms with E-state index in [0.717, 1.165) is 6.07 Å². The zero-order valence-corrected chi connectivity index (χ0v) is 11.8. The summed E-state index contributed by atoms with van der Waals surface area (Å²) in [5.74, 6) is -2.17. The molecule has 1 aromatic heterocycles. The van der Waals surface area contributed by atoms with E-state index in [-0.39, 0.29) is 16.9 Å². The number of rotatable bonds is 2. The fourth-order valence-corrected chi connectivity index (χ4v) is 2.54. The molecule has 6 heteroatoms. The number of imidazole rings is 1. The predicted octanol–water partition coefficient (Wildman–Crippen LogP) is 4.49. The number of nitrogens with zero attached hydrogens (tertiary/aromatic N) is 2. The minimum atomic E-state index is -1.03. The number of alkyl halides is 1. The Bertz CT molecular complexity index is 822. The van der Waals surface area contributed by atoms with Crippen molar-refractivity contribution in [2.75, 3.05) is 0 Å². The summed E-state index contributed by atoms with van der Waals surface area (Å²) < 4.78 is 42.6. The maximum absolute atomic E-state index is 14.1. The molecule has 0 saturated carbocycles. The van der Waals surface area contributed by atoms with Crippen molar-refractivity contribution in [1.29, 1.82) is 0 Å². The van der Waals surface area contributed by atoms with Crippen molar-refractivity contribution in [3.8, 4) is 5.69 Å². The first-order chi connectivity index (χ1) is 10.0. The summed E-state index contributed by atoms with van der Waals surface area (Å²) in [6, 6.07) is 6.61. The van der Waals surface area contributed by atoms with E-state index >= 15 is 0 Å². The van der Waals surface area contributed by atoms with E-state index < -0.39 is 17.5 Å². The quantitative estimate of drug-likeness (QED) is 0.638. The summed E-state index contributed by atoms with van der Waals surface area (Å²) in [7, 11) is 0. The number of halogens is 4. The van der Waals surface area contributed by atoms with Gasteiger partial charge in [0, 0.05) is 0 Å². The highest BCUT2D eigenvalue weighted by molar-refractivity contribution is 6.17. The molecule has 3 aromatic rings. The molecule has 2 aromatic carbocycles. The molecule has 0 atom stereocenters. The molecule has 3 rings (SSSR count). The molecular weight excluding hydrogens is 301 g/mol. The van der Waals surface area contributed by atoms with Crippen molar-refractivity contribution in [1.82, 2.24) is 9.55 Å². The van der Waals surface area contributed by atoms with Crippen LogP contribution in [0.25, 0.3) is 16.7 Å². The van der Waals surface area contributed by atoms with Crippen LogP contribution in [0, 0.1) is 24.4 Å². The zero-order valence-electron chi connectivity index (χ0n) is 11.0. The smallest absolute Gasteiger partial charge is 0.185 e. The van der Waals surface area contributed by atoms with E-state index in [1.54, 1.807) is 13.0 Å². The van der Waals surface area contributed by atoms with Crippen LogP contribution in [0.1, 0.15) is 11.4 Å². The zero-order chi connectivity index (χ0) is 15.1. The lowest BCUT2D eigenvalue weighted by atomic mass is 10.2. The standard InChI is InChI=1S/C15H10ClF3N2/c1-8-4-9(17)6-10(5-8)21-13(7-16)20-12-3-2-11(18)14(19)15(12)21/h2-6H,7H2,1H3. The summed E-state index contributed by atoms with van der Waals surface area (Å²) in [6.45, 7) is 1.71. The first kappa shape index (κ1) is 13.9. The largest absolute Gasteiger partial charge is 0.292 e. The molecule has 0 aliphatic heterocycles. The van der Waals surface area contributed by atoms with Crippen molar-refractivity contribution in [3.05, 3.63) is 59.2 Å². The third-order valence-corrected chi connectivity index (χ3v) is 3.42. The first-order valence-electron chi connectivity index (χ1n) is 6.20. The van der Waals surface area contributed by atoms with Crippen LogP contribution in [0.3, 0.4) is 0 Å². The van der Waals surface area contributed by atoms with Gasteiger partial charge in [-0.2, -0.15) is 0 Å². The van der Waals surface area contributed by atoms with Gasteiger partial charge in [-0.05, 0) is 42.8 Å². The number of fused-ring (bicyclic) bond motifs is 1. The Hall–Kier alpha value is -2.01. The summed E-state index contributed by atoms with van der Waals surface area (Å²) in [5, 5.41) is 0. The molecule has 0 N–H and O–H groups in total. The van der Waals surface area contributed by atoms with Crippen LogP contribution in [-0.4, -0.2) is 9.55 Å². The Balaban J connectivity index is 2.42. The van der Waals surface area contributed by atoms with Gasteiger partial charge in [-0.15, -0.1) is 11.6 Å². The predicted molar refractivity (Wildman–Crippen MR) is 75.2 cm³/mol. The second-order valence-corrected chi connectivity index (χ2v) is 4.98. The Kier molecular flexibility index (Phi) is 3.37. The van der Waals surface area contributed by atoms with Gasteiger partial charge in [0.05, 0.1) is 17.1 Å². The Morgan fingerprint density at radius 3 is 2.57 bits per heavy atom. The van der Waals surface area contributed by atoms with Crippen molar-refractivity contribution in [2.24, 2.45) is 0 Å². The minimum Gasteiger partial charge on any atom is -0.292 e. The molecule has 0 unspecified atom stereocenters. The number of benzene rings is 2. The van der Waals surface area contributed by atoms with Crippen LogP contribution >= 0.6 is 11.6 Å². The van der Waals surface area contributed by atoms with Gasteiger partial charge >= 0.3 is 0 Å². The molecule has 0 spiro atoms. The van der Waals surface area contributed by atoms with Crippen LogP contribution in [0.2, 0.25) is 0 Å². The van der Waals surface area contributed by atoms with Gasteiger partial charge in [-0.25, -0.2) is 18.2 Å². The third kappa shape index (κ3) is 2.27. The van der Waals surface area contributed by atoms with Crippen LogP contribution in [-0.2, 0) is 5.88 Å². The summed E-state index contributed by atoms with van der Waals surface area (Å²) in [6.07, 6.45) is 0. The van der Waals surface area contributed by atoms with E-state index in [2.05, 4.69) is 4.98 Å². The first-order valence-corrected chi connectivity index (χ1v) is 6.73. The molecule has 2 nitrogen and oxygen atoms in total. The van der Waals surface area contributed by atoms with Crippen molar-refractivity contribution in [3.63, 3.8) is 0 Å². The second-order valence-electron chi connectivity index (χ2n) is 4.71. The molecule has 1 heterocycles. The number of hydrogen-bond donors (Lipinski definition) is 0. The van der Waals surface area contributed by atoms with Gasteiger partial charge in [0.25, 0.3) is 0 Å². The molecule has 0 aliphatic carbocycles. The highest BCUT2D eigenvalue weighted by atomic mass is 35.5. The van der Waals surface area contributed by atoms with Gasteiger partial charge in [-0.1, -0.05) is 0 Å². The molecule has 108 valence electrons. The average molecular weight is 311 g/mol. The van der Waals surface area contributed by atoms with Crippen molar-refractivity contribution < 1.29 is 13.2 Å². The molecule has 0 aliphatic rings. The highest BCUT2D eigenvalue weighted by Gasteiger charge is 2.18. The van der Waals surface area contributed by atoms with E-state index in [1.165, 1.54) is 22.8 Å². The van der Waals surface area contributed by atoms with Crippen LogP contribution in [0.15, 0.2) is 30.3 Å². The Morgan fingerprint density at radius 1 is 1.14 bits per heavy atom. The molecular formula is C15H10ClF3N2. The van der Waals surface area contributed by atoms with E-state index in [1.807, 2.05) is 0 Å². The Labute approximate surface area is 123 Å². The second kappa shape index (κ2) is 5.07. The van der Waals surface area contributed by atoms with E-state index in [0.29, 0.717) is 17.1 Å². The van der Waals surface area contributed by atoms with Crippen LogP contribution in [0.5, 0.6) is 0 Å². The molecule has 0 amide bonds. The minimum absolute atomic E-state index is 0.00863. The van der Waals surface area contributed by atoms with E-state index in [9.17, 15) is 13.2 Å².